The van der Waals surface area contributed by atoms with Gasteiger partial charge in [0.1, 0.15) is 5.75 Å². The molecule has 146 valence electrons. The summed E-state index contributed by atoms with van der Waals surface area (Å²) in [6.45, 7) is 5.75. The molecule has 0 radical (unpaired) electrons. The van der Waals surface area contributed by atoms with Crippen LogP contribution < -0.4 is 14.8 Å². The fourth-order valence-electron chi connectivity index (χ4n) is 2.24. The highest BCUT2D eigenvalue weighted by atomic mass is 35.5. The molecule has 0 bridgehead atoms. The summed E-state index contributed by atoms with van der Waals surface area (Å²) in [6.07, 6.45) is -0.702. The molecule has 2 aromatic carbocycles. The number of carbonyl (C=O) groups is 1. The van der Waals surface area contributed by atoms with Crippen LogP contribution in [0, 0.1) is 6.92 Å². The highest BCUT2D eigenvalue weighted by Crippen LogP contribution is 2.30. The van der Waals surface area contributed by atoms with Gasteiger partial charge in [-0.05, 0) is 56.7 Å². The van der Waals surface area contributed by atoms with Crippen molar-refractivity contribution in [3.8, 4) is 5.75 Å². The number of anilines is 2. The van der Waals surface area contributed by atoms with Gasteiger partial charge in [0.05, 0.1) is 29.5 Å². The van der Waals surface area contributed by atoms with Crippen molar-refractivity contribution in [2.75, 3.05) is 23.3 Å². The van der Waals surface area contributed by atoms with Crippen molar-refractivity contribution in [2.45, 2.75) is 25.7 Å². The molecule has 0 aliphatic rings. The first-order chi connectivity index (χ1) is 12.8. The van der Waals surface area contributed by atoms with Crippen molar-refractivity contribution in [1.82, 2.24) is 0 Å². The van der Waals surface area contributed by atoms with Gasteiger partial charge in [-0.3, -0.25) is 10.0 Å². The molecule has 0 spiro atoms. The molecule has 2 aromatic rings. The van der Waals surface area contributed by atoms with Gasteiger partial charge in [-0.15, -0.1) is 0 Å². The lowest BCUT2D eigenvalue weighted by molar-refractivity contribution is 0.167. The van der Waals surface area contributed by atoms with Gasteiger partial charge in [0, 0.05) is 5.02 Å². The molecule has 2 N–H and O–H groups in total. The van der Waals surface area contributed by atoms with E-state index in [1.54, 1.807) is 32.9 Å². The van der Waals surface area contributed by atoms with Gasteiger partial charge in [0.2, 0.25) is 0 Å². The molecule has 2 rings (SSSR count). The van der Waals surface area contributed by atoms with Crippen LogP contribution in [0.1, 0.15) is 19.4 Å². The predicted octanol–water partition coefficient (Wildman–Crippen LogP) is 4.42. The third kappa shape index (κ3) is 5.51. The Hall–Kier alpha value is -2.45. The summed E-state index contributed by atoms with van der Waals surface area (Å²) in [7, 11) is -3.91. The monoisotopic (exact) mass is 412 g/mol. The number of hydrogen-bond acceptors (Lipinski definition) is 5. The van der Waals surface area contributed by atoms with Crippen LogP contribution in [0.2, 0.25) is 5.02 Å². The second-order valence-corrected chi connectivity index (χ2v) is 7.62. The van der Waals surface area contributed by atoms with Crippen LogP contribution in [0.15, 0.2) is 41.3 Å². The average molecular weight is 413 g/mol. The maximum absolute atomic E-state index is 12.8. The number of halogens is 1. The highest BCUT2D eigenvalue weighted by molar-refractivity contribution is 7.92. The van der Waals surface area contributed by atoms with Crippen molar-refractivity contribution in [1.29, 1.82) is 0 Å². The zero-order chi connectivity index (χ0) is 20.0. The van der Waals surface area contributed by atoms with Crippen LogP contribution >= 0.6 is 11.6 Å². The quantitative estimate of drug-likeness (QED) is 0.702. The summed E-state index contributed by atoms with van der Waals surface area (Å²) in [5.41, 5.74) is 1.29. The second kappa shape index (κ2) is 8.96. The number of aryl methyl sites for hydroxylation is 1. The van der Waals surface area contributed by atoms with Crippen LogP contribution in [-0.4, -0.2) is 27.7 Å². The highest BCUT2D eigenvalue weighted by Gasteiger charge is 2.19. The Morgan fingerprint density at radius 1 is 1.07 bits per heavy atom. The minimum absolute atomic E-state index is 0.0443. The van der Waals surface area contributed by atoms with Gasteiger partial charge < -0.3 is 9.47 Å². The van der Waals surface area contributed by atoms with Gasteiger partial charge in [-0.1, -0.05) is 17.7 Å². The van der Waals surface area contributed by atoms with Crippen molar-refractivity contribution in [3.63, 3.8) is 0 Å². The fraction of sp³-hybridized carbons (Fsp3) is 0.278. The molecule has 0 saturated carbocycles. The molecule has 0 aliphatic heterocycles. The molecular formula is C18H21ClN2O5S. The first kappa shape index (κ1) is 20.9. The summed E-state index contributed by atoms with van der Waals surface area (Å²) >= 11 is 5.95. The van der Waals surface area contributed by atoms with E-state index in [9.17, 15) is 13.2 Å². The molecule has 0 atom stereocenters. The van der Waals surface area contributed by atoms with Crippen molar-refractivity contribution >= 4 is 39.1 Å². The Bertz CT molecular complexity index is 931. The topological polar surface area (TPSA) is 93.7 Å². The molecule has 27 heavy (non-hydrogen) atoms. The zero-order valence-corrected chi connectivity index (χ0v) is 16.8. The molecule has 0 heterocycles. The zero-order valence-electron chi connectivity index (χ0n) is 15.2. The first-order valence-corrected chi connectivity index (χ1v) is 10.1. The molecule has 7 nitrogen and oxygen atoms in total. The standard InChI is InChI=1S/C18H21ClN2O5S/c1-4-25-17-9-8-14(11-16(17)20-18(22)26-5-2)27(23,24)21-15-10-13(19)7-6-12(15)3/h6-11,21H,4-5H2,1-3H3,(H,20,22). The normalized spacial score (nSPS) is 11.0. The predicted molar refractivity (Wildman–Crippen MR) is 105 cm³/mol. The minimum atomic E-state index is -3.91. The van der Waals surface area contributed by atoms with E-state index in [1.165, 1.54) is 24.3 Å². The maximum Gasteiger partial charge on any atom is 0.411 e. The van der Waals surface area contributed by atoms with E-state index in [0.717, 1.165) is 5.56 Å². The van der Waals surface area contributed by atoms with Crippen LogP contribution in [0.5, 0.6) is 5.75 Å². The van der Waals surface area contributed by atoms with Crippen LogP contribution in [-0.2, 0) is 14.8 Å². The Kier molecular flexibility index (Phi) is 6.92. The number of rotatable bonds is 7. The van der Waals surface area contributed by atoms with E-state index >= 15 is 0 Å². The summed E-state index contributed by atoms with van der Waals surface area (Å²) in [6, 6.07) is 9.10. The van der Waals surface area contributed by atoms with E-state index < -0.39 is 16.1 Å². The fourth-order valence-corrected chi connectivity index (χ4v) is 3.56. The SMILES string of the molecule is CCOC(=O)Nc1cc(S(=O)(=O)Nc2cc(Cl)ccc2C)ccc1OCC. The number of carbonyl (C=O) groups excluding carboxylic acids is 1. The molecule has 9 heteroatoms. The summed E-state index contributed by atoms with van der Waals surface area (Å²) in [5, 5.41) is 2.91. The molecular weight excluding hydrogens is 392 g/mol. The summed E-state index contributed by atoms with van der Waals surface area (Å²) in [5.74, 6) is 0.337. The second-order valence-electron chi connectivity index (χ2n) is 5.50. The molecule has 0 saturated heterocycles. The number of hydrogen-bond donors (Lipinski definition) is 2. The van der Waals surface area contributed by atoms with Gasteiger partial charge >= 0.3 is 6.09 Å². The molecule has 0 unspecified atom stereocenters. The van der Waals surface area contributed by atoms with Crippen molar-refractivity contribution in [3.05, 3.63) is 47.0 Å². The minimum Gasteiger partial charge on any atom is -0.492 e. The molecule has 0 aromatic heterocycles. The van der Waals surface area contributed by atoms with Gasteiger partial charge in [0.15, 0.2) is 0 Å². The van der Waals surface area contributed by atoms with Crippen LogP contribution in [0.25, 0.3) is 0 Å². The van der Waals surface area contributed by atoms with E-state index in [-0.39, 0.29) is 17.2 Å². The van der Waals surface area contributed by atoms with Crippen molar-refractivity contribution in [2.24, 2.45) is 0 Å². The molecule has 0 fully saturated rings. The number of sulfonamides is 1. The summed E-state index contributed by atoms with van der Waals surface area (Å²) in [4.78, 5) is 11.7. The first-order valence-electron chi connectivity index (χ1n) is 8.26. The smallest absolute Gasteiger partial charge is 0.411 e. The Morgan fingerprint density at radius 3 is 2.48 bits per heavy atom. The number of benzene rings is 2. The Balaban J connectivity index is 2.38. The van der Waals surface area contributed by atoms with Crippen molar-refractivity contribution < 1.29 is 22.7 Å². The Morgan fingerprint density at radius 2 is 1.81 bits per heavy atom. The molecule has 1 amide bonds. The number of ether oxygens (including phenoxy) is 2. The number of amides is 1. The summed E-state index contributed by atoms with van der Waals surface area (Å²) < 4.78 is 38.3. The maximum atomic E-state index is 12.8. The lowest BCUT2D eigenvalue weighted by Crippen LogP contribution is -2.17. The van der Waals surface area contributed by atoms with E-state index in [2.05, 4.69) is 10.0 Å². The van der Waals surface area contributed by atoms with E-state index in [1.807, 2.05) is 0 Å². The largest absolute Gasteiger partial charge is 0.492 e. The third-order valence-corrected chi connectivity index (χ3v) is 5.12. The average Bonchev–Trinajstić information content (AvgIpc) is 2.59. The lowest BCUT2D eigenvalue weighted by atomic mass is 10.2. The van der Waals surface area contributed by atoms with Crippen LogP contribution in [0.4, 0.5) is 16.2 Å². The van der Waals surface area contributed by atoms with E-state index in [0.29, 0.717) is 23.1 Å². The van der Waals surface area contributed by atoms with Crippen LogP contribution in [0.3, 0.4) is 0 Å². The van der Waals surface area contributed by atoms with Gasteiger partial charge in [-0.25, -0.2) is 13.2 Å². The Labute approximate surface area is 163 Å². The third-order valence-electron chi connectivity index (χ3n) is 3.52. The van der Waals surface area contributed by atoms with Gasteiger partial charge in [0.25, 0.3) is 10.0 Å². The lowest BCUT2D eigenvalue weighted by Gasteiger charge is -2.15. The van der Waals surface area contributed by atoms with Gasteiger partial charge in [-0.2, -0.15) is 0 Å². The number of nitrogens with one attached hydrogen (secondary N) is 2. The van der Waals surface area contributed by atoms with E-state index in [4.69, 9.17) is 21.1 Å². The molecule has 0 aliphatic carbocycles.